The van der Waals surface area contributed by atoms with Gasteiger partial charge in [-0.3, -0.25) is 9.59 Å². The number of hydrogen-bond donors (Lipinski definition) is 4. The second-order valence-electron chi connectivity index (χ2n) is 11.2. The third-order valence-corrected chi connectivity index (χ3v) is 9.03. The summed E-state index contributed by atoms with van der Waals surface area (Å²) in [6, 6.07) is 0. The third-order valence-electron chi connectivity index (χ3n) is 9.03. The maximum atomic E-state index is 13.8. The van der Waals surface area contributed by atoms with Crippen molar-refractivity contribution >= 4 is 11.6 Å². The molecule has 38 heavy (non-hydrogen) atoms. The molecule has 6 aliphatic rings. The Kier molecular flexibility index (Phi) is 6.03. The number of phenols is 2. The van der Waals surface area contributed by atoms with Crippen molar-refractivity contribution in [1.29, 1.82) is 0 Å². The molecule has 10 heteroatoms. The van der Waals surface area contributed by atoms with Crippen LogP contribution in [0.25, 0.3) is 0 Å². The molecule has 0 saturated carbocycles. The van der Waals surface area contributed by atoms with E-state index in [1.807, 2.05) is 6.92 Å². The van der Waals surface area contributed by atoms with Gasteiger partial charge in [-0.2, -0.15) is 0 Å². The van der Waals surface area contributed by atoms with Crippen molar-refractivity contribution < 1.29 is 49.0 Å². The van der Waals surface area contributed by atoms with Crippen LogP contribution in [0.4, 0.5) is 0 Å². The van der Waals surface area contributed by atoms with E-state index in [-0.39, 0.29) is 46.8 Å². The summed E-state index contributed by atoms with van der Waals surface area (Å²) in [7, 11) is 0. The Morgan fingerprint density at radius 1 is 1.00 bits per heavy atom. The summed E-state index contributed by atoms with van der Waals surface area (Å²) in [5, 5.41) is 45.1. The molecule has 7 rings (SSSR count). The molecule has 1 aromatic rings. The molecule has 9 atom stereocenters. The molecule has 0 amide bonds. The van der Waals surface area contributed by atoms with Crippen LogP contribution >= 0.6 is 0 Å². The summed E-state index contributed by atoms with van der Waals surface area (Å²) in [4.78, 5) is 27.5. The Labute approximate surface area is 220 Å². The Morgan fingerprint density at radius 3 is 2.39 bits per heavy atom. The fourth-order valence-electron chi connectivity index (χ4n) is 6.93. The molecule has 2 saturated heterocycles. The number of carbonyl (C=O) groups excluding carboxylic acids is 2. The number of aliphatic hydroxyl groups is 2. The number of Topliss-reactive ketones (excluding diaryl/α,β-unsaturated/α-hetero) is 2. The second kappa shape index (κ2) is 8.84. The SMILES string of the molecule is CCC1CC2=C(C(=O)c3c(O)c4c(c(O)c3C2=O)C2CC(O[C@H]3CC[C@H](O)[C@H](C)O3)C4(O)C(C)O2)[C@H](C)O1. The molecule has 4 N–H and O–H groups in total. The fourth-order valence-corrected chi connectivity index (χ4v) is 6.93. The van der Waals surface area contributed by atoms with Crippen LogP contribution in [0.3, 0.4) is 0 Å². The highest BCUT2D eigenvalue weighted by Gasteiger charge is 2.61. The molecule has 5 unspecified atom stereocenters. The average Bonchev–Trinajstić information content (AvgIpc) is 2.87. The highest BCUT2D eigenvalue weighted by atomic mass is 16.7. The molecular formula is C28H34O10. The summed E-state index contributed by atoms with van der Waals surface area (Å²) in [6.07, 6.45) is -3.31. The highest BCUT2D eigenvalue weighted by molar-refractivity contribution is 6.29. The number of carbonyl (C=O) groups is 2. The summed E-state index contributed by atoms with van der Waals surface area (Å²) < 4.78 is 23.9. The first-order valence-electron chi connectivity index (χ1n) is 13.5. The molecule has 4 heterocycles. The topological polar surface area (TPSA) is 152 Å². The Bertz CT molecular complexity index is 1250. The minimum absolute atomic E-state index is 0.0568. The van der Waals surface area contributed by atoms with Crippen molar-refractivity contribution in [3.05, 3.63) is 33.4 Å². The van der Waals surface area contributed by atoms with Gasteiger partial charge in [0.25, 0.3) is 0 Å². The van der Waals surface area contributed by atoms with E-state index in [1.165, 1.54) is 0 Å². The molecule has 1 aromatic carbocycles. The van der Waals surface area contributed by atoms with Gasteiger partial charge in [-0.1, -0.05) is 6.92 Å². The normalized spacial score (nSPS) is 40.2. The summed E-state index contributed by atoms with van der Waals surface area (Å²) >= 11 is 0. The lowest BCUT2D eigenvalue weighted by atomic mass is 9.66. The second-order valence-corrected chi connectivity index (χ2v) is 11.2. The molecule has 2 fully saturated rings. The van der Waals surface area contributed by atoms with Crippen LogP contribution in [-0.2, 0) is 24.5 Å². The van der Waals surface area contributed by atoms with Crippen LogP contribution in [-0.4, -0.2) is 74.9 Å². The number of hydrogen-bond acceptors (Lipinski definition) is 10. The van der Waals surface area contributed by atoms with Gasteiger partial charge < -0.3 is 39.4 Å². The van der Waals surface area contributed by atoms with Crippen LogP contribution in [0.1, 0.15) is 97.7 Å². The van der Waals surface area contributed by atoms with Crippen molar-refractivity contribution in [3.8, 4) is 11.5 Å². The zero-order valence-corrected chi connectivity index (χ0v) is 21.9. The predicted octanol–water partition coefficient (Wildman–Crippen LogP) is 2.68. The first kappa shape index (κ1) is 25.9. The number of ether oxygens (including phenoxy) is 4. The summed E-state index contributed by atoms with van der Waals surface area (Å²) in [5.74, 6) is -2.12. The van der Waals surface area contributed by atoms with E-state index in [4.69, 9.17) is 18.9 Å². The van der Waals surface area contributed by atoms with E-state index >= 15 is 0 Å². The monoisotopic (exact) mass is 530 g/mol. The minimum atomic E-state index is -1.94. The Morgan fingerprint density at radius 2 is 1.71 bits per heavy atom. The van der Waals surface area contributed by atoms with E-state index in [2.05, 4.69) is 0 Å². The number of rotatable bonds is 3. The van der Waals surface area contributed by atoms with E-state index < -0.39 is 71.6 Å². The molecule has 2 aliphatic carbocycles. The van der Waals surface area contributed by atoms with E-state index in [9.17, 15) is 30.0 Å². The maximum absolute atomic E-state index is 13.8. The van der Waals surface area contributed by atoms with Crippen LogP contribution in [0.2, 0.25) is 0 Å². The van der Waals surface area contributed by atoms with Gasteiger partial charge in [0.1, 0.15) is 17.1 Å². The van der Waals surface area contributed by atoms with E-state index in [1.54, 1.807) is 20.8 Å². The molecule has 0 radical (unpaired) electrons. The molecule has 4 aliphatic heterocycles. The number of fused-ring (bicyclic) bond motifs is 3. The smallest absolute Gasteiger partial charge is 0.196 e. The van der Waals surface area contributed by atoms with Gasteiger partial charge in [-0.15, -0.1) is 0 Å². The zero-order chi connectivity index (χ0) is 27.3. The molecular weight excluding hydrogens is 496 g/mol. The van der Waals surface area contributed by atoms with E-state index in [0.717, 1.165) is 0 Å². The molecule has 0 spiro atoms. The number of benzene rings is 1. The first-order chi connectivity index (χ1) is 18.0. The van der Waals surface area contributed by atoms with Gasteiger partial charge in [0.15, 0.2) is 17.9 Å². The van der Waals surface area contributed by atoms with Gasteiger partial charge in [0.2, 0.25) is 0 Å². The summed E-state index contributed by atoms with van der Waals surface area (Å²) in [6.45, 7) is 7.00. The number of aliphatic hydroxyl groups excluding tert-OH is 1. The Hall–Kier alpha value is -2.34. The van der Waals surface area contributed by atoms with Crippen molar-refractivity contribution in [2.24, 2.45) is 0 Å². The summed E-state index contributed by atoms with van der Waals surface area (Å²) in [5.41, 5.74) is -2.00. The lowest BCUT2D eigenvalue weighted by molar-refractivity contribution is -0.311. The van der Waals surface area contributed by atoms with E-state index in [0.29, 0.717) is 24.8 Å². The van der Waals surface area contributed by atoms with Crippen LogP contribution < -0.4 is 0 Å². The average molecular weight is 531 g/mol. The van der Waals surface area contributed by atoms with Crippen LogP contribution in [0.15, 0.2) is 11.1 Å². The van der Waals surface area contributed by atoms with Crippen LogP contribution in [0, 0.1) is 0 Å². The maximum Gasteiger partial charge on any atom is 0.196 e. The predicted molar refractivity (Wildman–Crippen MR) is 131 cm³/mol. The number of ketones is 2. The lowest BCUT2D eigenvalue weighted by Crippen LogP contribution is -2.60. The lowest BCUT2D eigenvalue weighted by Gasteiger charge is -2.54. The zero-order valence-electron chi connectivity index (χ0n) is 21.9. The van der Waals surface area contributed by atoms with Crippen LogP contribution in [0.5, 0.6) is 11.5 Å². The largest absolute Gasteiger partial charge is 0.507 e. The quantitative estimate of drug-likeness (QED) is 0.429. The molecule has 206 valence electrons. The Balaban J connectivity index is 1.46. The fraction of sp³-hybridized carbons (Fsp3) is 0.643. The van der Waals surface area contributed by atoms with Crippen molar-refractivity contribution in [2.75, 3.05) is 0 Å². The minimum Gasteiger partial charge on any atom is -0.507 e. The molecule has 10 nitrogen and oxygen atoms in total. The third kappa shape index (κ3) is 3.41. The highest BCUT2D eigenvalue weighted by Crippen LogP contribution is 2.60. The number of phenolic OH excluding ortho intramolecular Hbond substituents is 2. The molecule has 2 bridgehead atoms. The van der Waals surface area contributed by atoms with Gasteiger partial charge in [0.05, 0.1) is 53.9 Å². The number of aromatic hydroxyl groups is 2. The standard InChI is InChI=1S/C28H34O10/c1-5-13-8-14-19(11(3)35-13)25(31)22-21(24(14)30)26(32)20-16-9-17(38-18-7-6-15(29)10(2)36-18)28(34,12(4)37-16)23(20)27(22)33/h10-13,15-18,29,32-34H,5-9H2,1-4H3/t10-,11-,12?,13?,15-,16?,17?,18-,28?/m0/s1. The van der Waals surface area contributed by atoms with Crippen molar-refractivity contribution in [2.45, 2.75) is 114 Å². The first-order valence-corrected chi connectivity index (χ1v) is 13.5. The van der Waals surface area contributed by atoms with Crippen molar-refractivity contribution in [1.82, 2.24) is 0 Å². The van der Waals surface area contributed by atoms with Crippen molar-refractivity contribution in [3.63, 3.8) is 0 Å². The van der Waals surface area contributed by atoms with Gasteiger partial charge >= 0.3 is 0 Å². The van der Waals surface area contributed by atoms with Gasteiger partial charge in [0, 0.05) is 41.5 Å². The molecule has 0 aromatic heterocycles. The van der Waals surface area contributed by atoms with Gasteiger partial charge in [-0.25, -0.2) is 0 Å². The van der Waals surface area contributed by atoms with Gasteiger partial charge in [-0.05, 0) is 33.6 Å².